The summed E-state index contributed by atoms with van der Waals surface area (Å²) >= 11 is 0. The third kappa shape index (κ3) is 3.37. The van der Waals surface area contributed by atoms with E-state index in [9.17, 15) is 14.4 Å². The van der Waals surface area contributed by atoms with E-state index in [0.29, 0.717) is 18.7 Å². The van der Waals surface area contributed by atoms with Gasteiger partial charge >= 0.3 is 0 Å². The molecule has 1 aromatic rings. The molecule has 0 saturated carbocycles. The van der Waals surface area contributed by atoms with Crippen molar-refractivity contribution in [3.05, 3.63) is 24.3 Å². The van der Waals surface area contributed by atoms with E-state index in [4.69, 9.17) is 4.74 Å². The molecular formula is C16H18N4O4. The summed E-state index contributed by atoms with van der Waals surface area (Å²) in [5.41, 5.74) is 3.31. The van der Waals surface area contributed by atoms with Gasteiger partial charge in [0.1, 0.15) is 11.5 Å². The molecule has 1 fully saturated rings. The van der Waals surface area contributed by atoms with Gasteiger partial charge in [0.05, 0.1) is 13.2 Å². The van der Waals surface area contributed by atoms with Crippen LogP contribution in [0.4, 0.5) is 5.69 Å². The van der Waals surface area contributed by atoms with E-state index in [1.165, 1.54) is 0 Å². The zero-order valence-electron chi connectivity index (χ0n) is 13.2. The molecule has 3 rings (SSSR count). The molecule has 8 heteroatoms. The van der Waals surface area contributed by atoms with E-state index in [1.54, 1.807) is 24.1 Å². The van der Waals surface area contributed by atoms with Crippen molar-refractivity contribution in [2.75, 3.05) is 18.6 Å². The summed E-state index contributed by atoms with van der Waals surface area (Å²) in [6.07, 6.45) is 0.770. The first-order valence-corrected chi connectivity index (χ1v) is 7.67. The molecule has 1 aromatic carbocycles. The summed E-state index contributed by atoms with van der Waals surface area (Å²) in [6, 6.07) is 6.93. The first-order valence-electron chi connectivity index (χ1n) is 7.67. The molecule has 1 atom stereocenters. The van der Waals surface area contributed by atoms with Crippen LogP contribution < -0.4 is 20.4 Å². The van der Waals surface area contributed by atoms with Gasteiger partial charge in [-0.15, -0.1) is 0 Å². The SMILES string of the molecule is COc1cccc(N2C[C@@H](NC(=O)C3=NNC(=O)CC3)CC2=O)c1. The van der Waals surface area contributed by atoms with Crippen LogP contribution in [0, 0.1) is 0 Å². The van der Waals surface area contributed by atoms with Crippen molar-refractivity contribution in [2.24, 2.45) is 5.10 Å². The first kappa shape index (κ1) is 16.0. The van der Waals surface area contributed by atoms with Crippen molar-refractivity contribution in [2.45, 2.75) is 25.3 Å². The maximum absolute atomic E-state index is 12.2. The van der Waals surface area contributed by atoms with Gasteiger partial charge in [0, 0.05) is 37.6 Å². The number of carbonyl (C=O) groups excluding carboxylic acids is 3. The first-order chi connectivity index (χ1) is 11.6. The largest absolute Gasteiger partial charge is 0.497 e. The fourth-order valence-electron chi connectivity index (χ4n) is 2.74. The van der Waals surface area contributed by atoms with Crippen molar-refractivity contribution in [3.8, 4) is 5.75 Å². The van der Waals surface area contributed by atoms with E-state index in [1.807, 2.05) is 12.1 Å². The Morgan fingerprint density at radius 1 is 1.38 bits per heavy atom. The van der Waals surface area contributed by atoms with E-state index < -0.39 is 0 Å². The Labute approximate surface area is 138 Å². The summed E-state index contributed by atoms with van der Waals surface area (Å²) in [5.74, 6) is 0.0552. The average Bonchev–Trinajstić information content (AvgIpc) is 2.95. The molecule has 126 valence electrons. The van der Waals surface area contributed by atoms with Crippen LogP contribution in [0.15, 0.2) is 29.4 Å². The lowest BCUT2D eigenvalue weighted by atomic mass is 10.1. The van der Waals surface area contributed by atoms with Crippen LogP contribution in [0.25, 0.3) is 0 Å². The summed E-state index contributed by atoms with van der Waals surface area (Å²) in [6.45, 7) is 0.386. The van der Waals surface area contributed by atoms with Crippen molar-refractivity contribution in [1.29, 1.82) is 0 Å². The highest BCUT2D eigenvalue weighted by molar-refractivity contribution is 6.39. The number of hydrogen-bond acceptors (Lipinski definition) is 5. The molecule has 8 nitrogen and oxygen atoms in total. The molecule has 2 heterocycles. The number of nitrogens with one attached hydrogen (secondary N) is 2. The third-order valence-electron chi connectivity index (χ3n) is 3.99. The van der Waals surface area contributed by atoms with E-state index in [-0.39, 0.29) is 42.3 Å². The smallest absolute Gasteiger partial charge is 0.267 e. The topological polar surface area (TPSA) is 100 Å². The fraction of sp³-hybridized carbons (Fsp3) is 0.375. The van der Waals surface area contributed by atoms with E-state index >= 15 is 0 Å². The second-order valence-electron chi connectivity index (χ2n) is 5.67. The number of hydrogen-bond donors (Lipinski definition) is 2. The van der Waals surface area contributed by atoms with Gasteiger partial charge in [-0.3, -0.25) is 14.4 Å². The van der Waals surface area contributed by atoms with E-state index in [0.717, 1.165) is 5.69 Å². The highest BCUT2D eigenvalue weighted by atomic mass is 16.5. The maximum Gasteiger partial charge on any atom is 0.267 e. The molecule has 0 aromatic heterocycles. The summed E-state index contributed by atoms with van der Waals surface area (Å²) < 4.78 is 5.17. The lowest BCUT2D eigenvalue weighted by Gasteiger charge is -2.18. The van der Waals surface area contributed by atoms with Crippen molar-refractivity contribution < 1.29 is 19.1 Å². The lowest BCUT2D eigenvalue weighted by Crippen LogP contribution is -2.43. The Bertz CT molecular complexity index is 716. The fourth-order valence-corrected chi connectivity index (χ4v) is 2.74. The van der Waals surface area contributed by atoms with Gasteiger partial charge in [-0.05, 0) is 12.1 Å². The monoisotopic (exact) mass is 330 g/mol. The average molecular weight is 330 g/mol. The molecule has 0 radical (unpaired) electrons. The highest BCUT2D eigenvalue weighted by Gasteiger charge is 2.32. The van der Waals surface area contributed by atoms with Crippen LogP contribution in [0.3, 0.4) is 0 Å². The molecule has 2 N–H and O–H groups in total. The Morgan fingerprint density at radius 2 is 2.21 bits per heavy atom. The zero-order valence-corrected chi connectivity index (χ0v) is 13.2. The second kappa shape index (κ2) is 6.69. The molecule has 0 unspecified atom stereocenters. The summed E-state index contributed by atoms with van der Waals surface area (Å²) in [5, 5.41) is 6.57. The number of amides is 3. The number of ether oxygens (including phenoxy) is 1. The molecule has 0 spiro atoms. The summed E-state index contributed by atoms with van der Waals surface area (Å²) in [4.78, 5) is 37.1. The molecular weight excluding hydrogens is 312 g/mol. The molecule has 2 aliphatic rings. The minimum Gasteiger partial charge on any atom is -0.497 e. The predicted molar refractivity (Wildman–Crippen MR) is 86.7 cm³/mol. The third-order valence-corrected chi connectivity index (χ3v) is 3.99. The van der Waals surface area contributed by atoms with Gasteiger partial charge in [0.2, 0.25) is 11.8 Å². The lowest BCUT2D eigenvalue weighted by molar-refractivity contribution is -0.121. The Kier molecular flexibility index (Phi) is 4.45. The van der Waals surface area contributed by atoms with Crippen LogP contribution in [0.1, 0.15) is 19.3 Å². The van der Waals surface area contributed by atoms with Gasteiger partial charge in [-0.25, -0.2) is 5.43 Å². The molecule has 2 aliphatic heterocycles. The van der Waals surface area contributed by atoms with E-state index in [2.05, 4.69) is 15.8 Å². The van der Waals surface area contributed by atoms with Crippen LogP contribution in [-0.2, 0) is 14.4 Å². The minimum atomic E-state index is -0.347. The normalized spacial score (nSPS) is 20.5. The van der Waals surface area contributed by atoms with Crippen molar-refractivity contribution in [1.82, 2.24) is 10.7 Å². The van der Waals surface area contributed by atoms with Gasteiger partial charge in [-0.2, -0.15) is 5.10 Å². The molecule has 0 bridgehead atoms. The Morgan fingerprint density at radius 3 is 2.92 bits per heavy atom. The standard InChI is InChI=1S/C16H18N4O4/c1-24-12-4-2-3-11(8-12)20-9-10(7-15(20)22)17-16(23)13-5-6-14(21)19-18-13/h2-4,8,10H,5-7,9H2,1H3,(H,17,23)(H,19,21)/t10-/m0/s1. The number of anilines is 1. The zero-order chi connectivity index (χ0) is 17.1. The Hall–Kier alpha value is -2.90. The number of carbonyl (C=O) groups is 3. The van der Waals surface area contributed by atoms with Crippen molar-refractivity contribution in [3.63, 3.8) is 0 Å². The van der Waals surface area contributed by atoms with Gasteiger partial charge in [0.15, 0.2) is 0 Å². The quantitative estimate of drug-likeness (QED) is 0.822. The number of rotatable bonds is 4. The number of methoxy groups -OCH3 is 1. The van der Waals surface area contributed by atoms with Crippen molar-refractivity contribution >= 4 is 29.1 Å². The molecule has 1 saturated heterocycles. The predicted octanol–water partition coefficient (Wildman–Crippen LogP) is 0.183. The van der Waals surface area contributed by atoms with Gasteiger partial charge < -0.3 is 15.0 Å². The van der Waals surface area contributed by atoms with Crippen LogP contribution in [0.2, 0.25) is 0 Å². The maximum atomic E-state index is 12.2. The number of hydrazone groups is 1. The second-order valence-corrected chi connectivity index (χ2v) is 5.67. The number of benzene rings is 1. The molecule has 0 aliphatic carbocycles. The molecule has 24 heavy (non-hydrogen) atoms. The Balaban J connectivity index is 1.64. The van der Waals surface area contributed by atoms with Crippen LogP contribution in [-0.4, -0.2) is 43.1 Å². The number of nitrogens with zero attached hydrogens (tertiary/aromatic N) is 2. The molecule has 3 amide bonds. The minimum absolute atomic E-state index is 0.0626. The van der Waals surface area contributed by atoms with Gasteiger partial charge in [-0.1, -0.05) is 6.07 Å². The highest BCUT2D eigenvalue weighted by Crippen LogP contribution is 2.25. The summed E-state index contributed by atoms with van der Waals surface area (Å²) in [7, 11) is 1.57. The van der Waals surface area contributed by atoms with Crippen LogP contribution in [0.5, 0.6) is 5.75 Å². The van der Waals surface area contributed by atoms with Gasteiger partial charge in [0.25, 0.3) is 5.91 Å². The van der Waals surface area contributed by atoms with Crippen LogP contribution >= 0.6 is 0 Å².